The van der Waals surface area contributed by atoms with Crippen molar-refractivity contribution in [1.82, 2.24) is 0 Å². The van der Waals surface area contributed by atoms with Gasteiger partial charge in [-0.25, -0.2) is 0 Å². The molecule has 36 heavy (non-hydrogen) atoms. The van der Waals surface area contributed by atoms with E-state index in [9.17, 15) is 0 Å². The van der Waals surface area contributed by atoms with Crippen molar-refractivity contribution in [3.8, 4) is 0 Å². The SMILES string of the molecule is CCCCCCCCCC[N+](CC)(CC)CC.CCCCCCCCCC[N+](CC)(CC)CC.[Br-].[Cl-]. The standard InChI is InChI=1S/2C16H36N.BrH.ClH/c2*1-5-9-10-11-12-13-14-15-16-17(6-2,7-3)8-4;;/h2*5-16H2,1-4H3;2*1H/q2*+1;;/p-2. The fraction of sp³-hybridized carbons (Fsp3) is 1.00. The zero-order chi connectivity index (χ0) is 26.0. The van der Waals surface area contributed by atoms with E-state index in [0.29, 0.717) is 0 Å². The minimum Gasteiger partial charge on any atom is -1.00 e. The predicted octanol–water partition coefficient (Wildman–Crippen LogP) is 4.02. The lowest BCUT2D eigenvalue weighted by Gasteiger charge is -2.35. The highest BCUT2D eigenvalue weighted by Gasteiger charge is 2.20. The fourth-order valence-electron chi connectivity index (χ4n) is 5.45. The molecule has 0 bridgehead atoms. The summed E-state index contributed by atoms with van der Waals surface area (Å²) in [6.07, 6.45) is 23.0. The van der Waals surface area contributed by atoms with Crippen LogP contribution >= 0.6 is 0 Å². The lowest BCUT2D eigenvalue weighted by atomic mass is 10.1. The van der Waals surface area contributed by atoms with Crippen LogP contribution in [0.1, 0.15) is 158 Å². The van der Waals surface area contributed by atoms with Crippen LogP contribution in [0.3, 0.4) is 0 Å². The molecule has 0 amide bonds. The topological polar surface area (TPSA) is 0 Å². The normalized spacial score (nSPS) is 11.3. The molecule has 0 aliphatic carbocycles. The second kappa shape index (κ2) is 31.9. The van der Waals surface area contributed by atoms with Crippen LogP contribution in [0.15, 0.2) is 0 Å². The summed E-state index contributed by atoms with van der Waals surface area (Å²) in [5, 5.41) is 0. The van der Waals surface area contributed by atoms with E-state index in [-0.39, 0.29) is 29.4 Å². The van der Waals surface area contributed by atoms with Gasteiger partial charge in [0.15, 0.2) is 0 Å². The second-order valence-corrected chi connectivity index (χ2v) is 11.0. The van der Waals surface area contributed by atoms with Crippen molar-refractivity contribution in [3.63, 3.8) is 0 Å². The molecule has 0 aromatic rings. The van der Waals surface area contributed by atoms with E-state index >= 15 is 0 Å². The van der Waals surface area contributed by atoms with E-state index in [1.165, 1.54) is 164 Å². The van der Waals surface area contributed by atoms with E-state index in [0.717, 1.165) is 0 Å². The third-order valence-corrected chi connectivity index (χ3v) is 9.00. The van der Waals surface area contributed by atoms with Crippen LogP contribution in [0, 0.1) is 0 Å². The largest absolute Gasteiger partial charge is 1.00 e. The highest BCUT2D eigenvalue weighted by Crippen LogP contribution is 2.14. The third kappa shape index (κ3) is 23.8. The number of halogens is 2. The van der Waals surface area contributed by atoms with Crippen LogP contribution in [0.25, 0.3) is 0 Å². The van der Waals surface area contributed by atoms with Crippen LogP contribution < -0.4 is 29.4 Å². The monoisotopic (exact) mass is 598 g/mol. The van der Waals surface area contributed by atoms with Gasteiger partial charge in [0.25, 0.3) is 0 Å². The average molecular weight is 600 g/mol. The Morgan fingerprint density at radius 2 is 0.500 bits per heavy atom. The summed E-state index contributed by atoms with van der Waals surface area (Å²) in [5.41, 5.74) is 0. The van der Waals surface area contributed by atoms with Gasteiger partial charge in [-0.1, -0.05) is 90.9 Å². The zero-order valence-electron chi connectivity index (χ0n) is 26.6. The Bertz CT molecular complexity index is 332. The van der Waals surface area contributed by atoms with Crippen molar-refractivity contribution < 1.29 is 38.4 Å². The molecule has 0 radical (unpaired) electrons. The fourth-order valence-corrected chi connectivity index (χ4v) is 5.45. The molecule has 0 spiro atoms. The molecular weight excluding hydrogens is 528 g/mol. The Balaban J connectivity index is -0.000000269. The van der Waals surface area contributed by atoms with E-state index < -0.39 is 0 Å². The van der Waals surface area contributed by atoms with E-state index in [4.69, 9.17) is 0 Å². The number of nitrogens with zero attached hydrogens (tertiary/aromatic N) is 2. The van der Waals surface area contributed by atoms with Gasteiger partial charge in [0.05, 0.1) is 52.4 Å². The first-order valence-corrected chi connectivity index (χ1v) is 16.2. The van der Waals surface area contributed by atoms with Crippen molar-refractivity contribution in [2.45, 2.75) is 158 Å². The van der Waals surface area contributed by atoms with E-state index in [2.05, 4.69) is 55.4 Å². The highest BCUT2D eigenvalue weighted by molar-refractivity contribution is 4.48. The van der Waals surface area contributed by atoms with Crippen LogP contribution in [-0.2, 0) is 0 Å². The van der Waals surface area contributed by atoms with Crippen molar-refractivity contribution in [3.05, 3.63) is 0 Å². The van der Waals surface area contributed by atoms with Crippen LogP contribution in [-0.4, -0.2) is 61.3 Å². The van der Waals surface area contributed by atoms with Gasteiger partial charge in [0, 0.05) is 0 Å². The van der Waals surface area contributed by atoms with Crippen molar-refractivity contribution in [2.75, 3.05) is 52.4 Å². The molecule has 0 atom stereocenters. The highest BCUT2D eigenvalue weighted by atomic mass is 79.9. The Labute approximate surface area is 248 Å². The first-order chi connectivity index (χ1) is 16.5. The number of rotatable bonds is 24. The van der Waals surface area contributed by atoms with Gasteiger partial charge in [-0.05, 0) is 67.2 Å². The predicted molar refractivity (Wildman–Crippen MR) is 159 cm³/mol. The number of hydrogen-bond acceptors (Lipinski definition) is 0. The summed E-state index contributed by atoms with van der Waals surface area (Å²) in [6, 6.07) is 0. The minimum atomic E-state index is 0. The second-order valence-electron chi connectivity index (χ2n) is 11.0. The van der Waals surface area contributed by atoms with Crippen LogP contribution in [0.2, 0.25) is 0 Å². The lowest BCUT2D eigenvalue weighted by molar-refractivity contribution is -0.923. The summed E-state index contributed by atoms with van der Waals surface area (Å²) in [4.78, 5) is 0. The van der Waals surface area contributed by atoms with E-state index in [1.807, 2.05) is 0 Å². The summed E-state index contributed by atoms with van der Waals surface area (Å²) in [7, 11) is 0. The summed E-state index contributed by atoms with van der Waals surface area (Å²) in [5.74, 6) is 0. The summed E-state index contributed by atoms with van der Waals surface area (Å²) < 4.78 is 2.66. The maximum atomic E-state index is 2.34. The Hall–Kier alpha value is 0.690. The van der Waals surface area contributed by atoms with Gasteiger partial charge in [0.2, 0.25) is 0 Å². The van der Waals surface area contributed by atoms with E-state index in [1.54, 1.807) is 0 Å². The number of unbranched alkanes of at least 4 members (excludes halogenated alkanes) is 14. The molecule has 0 saturated heterocycles. The third-order valence-electron chi connectivity index (χ3n) is 9.00. The average Bonchev–Trinajstić information content (AvgIpc) is 2.88. The van der Waals surface area contributed by atoms with Gasteiger partial charge in [0.1, 0.15) is 0 Å². The smallest absolute Gasteiger partial charge is 0.0786 e. The molecule has 0 fully saturated rings. The van der Waals surface area contributed by atoms with Gasteiger partial charge in [-0.2, -0.15) is 0 Å². The maximum Gasteiger partial charge on any atom is 0.0786 e. The van der Waals surface area contributed by atoms with Crippen molar-refractivity contribution >= 4 is 0 Å². The quantitative estimate of drug-likeness (QED) is 0.116. The van der Waals surface area contributed by atoms with Gasteiger partial charge in [-0.3, -0.25) is 0 Å². The van der Waals surface area contributed by atoms with Gasteiger partial charge in [-0.15, -0.1) is 0 Å². The molecule has 0 saturated carbocycles. The number of hydrogen-bond donors (Lipinski definition) is 0. The zero-order valence-corrected chi connectivity index (χ0v) is 29.0. The summed E-state index contributed by atoms with van der Waals surface area (Å²) in [6.45, 7) is 29.3. The molecule has 0 aromatic carbocycles. The molecule has 0 N–H and O–H groups in total. The Morgan fingerprint density at radius 1 is 0.306 bits per heavy atom. The lowest BCUT2D eigenvalue weighted by Crippen LogP contribution is -3.00. The molecule has 0 unspecified atom stereocenters. The van der Waals surface area contributed by atoms with Crippen molar-refractivity contribution in [1.29, 1.82) is 0 Å². The van der Waals surface area contributed by atoms with Gasteiger partial charge >= 0.3 is 0 Å². The van der Waals surface area contributed by atoms with Crippen LogP contribution in [0.5, 0.6) is 0 Å². The molecule has 0 aliphatic heterocycles. The van der Waals surface area contributed by atoms with Crippen molar-refractivity contribution in [2.24, 2.45) is 0 Å². The molecule has 0 heterocycles. The maximum absolute atomic E-state index is 2.34. The molecule has 0 rings (SSSR count). The summed E-state index contributed by atoms with van der Waals surface area (Å²) >= 11 is 0. The Morgan fingerprint density at radius 3 is 0.694 bits per heavy atom. The first-order valence-electron chi connectivity index (χ1n) is 16.2. The van der Waals surface area contributed by atoms with Gasteiger partial charge < -0.3 is 38.4 Å². The first kappa shape index (κ1) is 43.7. The molecule has 0 aliphatic rings. The Kier molecular flexibility index (Phi) is 38.8. The molecule has 0 aromatic heterocycles. The molecule has 4 heteroatoms. The minimum absolute atomic E-state index is 0. The number of quaternary nitrogens is 2. The van der Waals surface area contributed by atoms with Crippen LogP contribution in [0.4, 0.5) is 0 Å². The molecular formula is C32H72BrClN2. The molecule has 2 nitrogen and oxygen atoms in total. The molecule has 224 valence electrons.